The van der Waals surface area contributed by atoms with Crippen LogP contribution in [0, 0.1) is 0 Å². The molecule has 2 aromatic carbocycles. The van der Waals surface area contributed by atoms with E-state index in [1.807, 2.05) is 6.07 Å². The van der Waals surface area contributed by atoms with Gasteiger partial charge in [0.15, 0.2) is 0 Å². The number of hydrogen-bond donors (Lipinski definition) is 0. The molecule has 0 saturated heterocycles. The van der Waals surface area contributed by atoms with Crippen molar-refractivity contribution in [2.75, 3.05) is 0 Å². The summed E-state index contributed by atoms with van der Waals surface area (Å²) in [6, 6.07) is 12.2. The average molecular weight is 301 g/mol. The third-order valence-electron chi connectivity index (χ3n) is 2.71. The molecule has 0 unspecified atom stereocenters. The lowest BCUT2D eigenvalue weighted by Gasteiger charge is -2.10. The van der Waals surface area contributed by atoms with E-state index in [2.05, 4.69) is 0 Å². The monoisotopic (exact) mass is 300 g/mol. The molecule has 0 heterocycles. The molecule has 5 heteroatoms. The lowest BCUT2D eigenvalue weighted by molar-refractivity contribution is -0.137. The number of hydrogen-bond acceptors (Lipinski definition) is 1. The predicted octanol–water partition coefficient (Wildman–Crippen LogP) is 5.02. The SMILES string of the molecule is FC(F)(F)c1cccc(COc2cccc(CCl)c2)c1. The van der Waals surface area contributed by atoms with Crippen molar-refractivity contribution in [3.05, 3.63) is 65.2 Å². The maximum Gasteiger partial charge on any atom is 0.416 e. The van der Waals surface area contributed by atoms with Crippen LogP contribution in [-0.2, 0) is 18.7 Å². The fourth-order valence-electron chi connectivity index (χ4n) is 1.72. The maximum atomic E-state index is 12.6. The highest BCUT2D eigenvalue weighted by Crippen LogP contribution is 2.29. The summed E-state index contributed by atoms with van der Waals surface area (Å²) < 4.78 is 43.2. The number of halogens is 4. The highest BCUT2D eigenvalue weighted by molar-refractivity contribution is 6.17. The van der Waals surface area contributed by atoms with Crippen LogP contribution in [0.5, 0.6) is 5.75 Å². The quantitative estimate of drug-likeness (QED) is 0.720. The van der Waals surface area contributed by atoms with E-state index in [1.165, 1.54) is 6.07 Å². The molecule has 2 rings (SSSR count). The number of ether oxygens (including phenoxy) is 1. The molecule has 106 valence electrons. The summed E-state index contributed by atoms with van der Waals surface area (Å²) in [5, 5.41) is 0. The standard InChI is InChI=1S/C15H12ClF3O/c16-9-11-3-2-6-14(8-11)20-10-12-4-1-5-13(7-12)15(17,18)19/h1-8H,9-10H2. The van der Waals surface area contributed by atoms with E-state index in [4.69, 9.17) is 16.3 Å². The number of rotatable bonds is 4. The summed E-state index contributed by atoms with van der Waals surface area (Å²) in [4.78, 5) is 0. The summed E-state index contributed by atoms with van der Waals surface area (Å²) in [6.45, 7) is 0.0790. The van der Waals surface area contributed by atoms with E-state index in [0.29, 0.717) is 17.2 Å². The molecule has 1 nitrogen and oxygen atoms in total. The molecule has 0 fully saturated rings. The normalized spacial score (nSPS) is 11.4. The van der Waals surface area contributed by atoms with Gasteiger partial charge in [0.25, 0.3) is 0 Å². The van der Waals surface area contributed by atoms with Gasteiger partial charge in [-0.25, -0.2) is 0 Å². The van der Waals surface area contributed by atoms with Crippen LogP contribution in [0.15, 0.2) is 48.5 Å². The lowest BCUT2D eigenvalue weighted by Crippen LogP contribution is -2.06. The Hall–Kier alpha value is -1.68. The van der Waals surface area contributed by atoms with Gasteiger partial charge < -0.3 is 4.74 Å². The fraction of sp³-hybridized carbons (Fsp3) is 0.200. The molecule has 0 aliphatic carbocycles. The average Bonchev–Trinajstić information content (AvgIpc) is 2.45. The fourth-order valence-corrected chi connectivity index (χ4v) is 1.89. The van der Waals surface area contributed by atoms with Crippen molar-refractivity contribution in [3.63, 3.8) is 0 Å². The van der Waals surface area contributed by atoms with E-state index in [0.717, 1.165) is 17.7 Å². The molecule has 20 heavy (non-hydrogen) atoms. The zero-order valence-electron chi connectivity index (χ0n) is 10.5. The van der Waals surface area contributed by atoms with Crippen molar-refractivity contribution in [1.29, 1.82) is 0 Å². The second-order valence-electron chi connectivity index (χ2n) is 4.27. The Morgan fingerprint density at radius 3 is 2.35 bits per heavy atom. The zero-order chi connectivity index (χ0) is 14.6. The first-order valence-electron chi connectivity index (χ1n) is 5.93. The van der Waals surface area contributed by atoms with Crippen LogP contribution in [0.25, 0.3) is 0 Å². The van der Waals surface area contributed by atoms with Crippen LogP contribution in [0.2, 0.25) is 0 Å². The van der Waals surface area contributed by atoms with Gasteiger partial charge in [-0.05, 0) is 35.4 Å². The molecular weight excluding hydrogens is 289 g/mol. The van der Waals surface area contributed by atoms with E-state index < -0.39 is 11.7 Å². The molecule has 0 bridgehead atoms. The lowest BCUT2D eigenvalue weighted by atomic mass is 10.1. The minimum Gasteiger partial charge on any atom is -0.489 e. The van der Waals surface area contributed by atoms with Gasteiger partial charge in [-0.3, -0.25) is 0 Å². The Kier molecular flexibility index (Phi) is 4.55. The van der Waals surface area contributed by atoms with E-state index >= 15 is 0 Å². The second kappa shape index (κ2) is 6.18. The summed E-state index contributed by atoms with van der Waals surface area (Å²) in [6.07, 6.45) is -4.34. The van der Waals surface area contributed by atoms with Gasteiger partial charge in [-0.15, -0.1) is 11.6 Å². The maximum absolute atomic E-state index is 12.6. The third kappa shape index (κ3) is 3.90. The van der Waals surface area contributed by atoms with Crippen molar-refractivity contribution < 1.29 is 17.9 Å². The minimum atomic E-state index is -4.34. The van der Waals surface area contributed by atoms with Crippen molar-refractivity contribution in [3.8, 4) is 5.75 Å². The van der Waals surface area contributed by atoms with E-state index in [9.17, 15) is 13.2 Å². The Labute approximate surface area is 119 Å². The first kappa shape index (κ1) is 14.7. The first-order valence-corrected chi connectivity index (χ1v) is 6.46. The Morgan fingerprint density at radius 2 is 1.65 bits per heavy atom. The summed E-state index contributed by atoms with van der Waals surface area (Å²) in [7, 11) is 0. The Bertz CT molecular complexity index is 581. The molecule has 0 aromatic heterocycles. The zero-order valence-corrected chi connectivity index (χ0v) is 11.2. The van der Waals surface area contributed by atoms with Gasteiger partial charge in [-0.2, -0.15) is 13.2 Å². The van der Waals surface area contributed by atoms with Crippen molar-refractivity contribution in [2.45, 2.75) is 18.7 Å². The molecular formula is C15H12ClF3O. The van der Waals surface area contributed by atoms with Crippen molar-refractivity contribution in [1.82, 2.24) is 0 Å². The van der Waals surface area contributed by atoms with Gasteiger partial charge >= 0.3 is 6.18 Å². The van der Waals surface area contributed by atoms with E-state index in [1.54, 1.807) is 24.3 Å². The van der Waals surface area contributed by atoms with E-state index in [-0.39, 0.29) is 6.61 Å². The second-order valence-corrected chi connectivity index (χ2v) is 4.54. The molecule has 0 N–H and O–H groups in total. The van der Waals surface area contributed by atoms with Crippen LogP contribution in [0.1, 0.15) is 16.7 Å². The summed E-state index contributed by atoms with van der Waals surface area (Å²) >= 11 is 5.71. The van der Waals surface area contributed by atoms with Crippen LogP contribution in [0.4, 0.5) is 13.2 Å². The first-order chi connectivity index (χ1) is 9.49. The highest BCUT2D eigenvalue weighted by Gasteiger charge is 2.30. The van der Waals surface area contributed by atoms with Crippen LogP contribution < -0.4 is 4.74 Å². The molecule has 0 aliphatic rings. The predicted molar refractivity (Wildman–Crippen MR) is 71.8 cm³/mol. The van der Waals surface area contributed by atoms with Gasteiger partial charge in [0.1, 0.15) is 12.4 Å². The van der Waals surface area contributed by atoms with Crippen molar-refractivity contribution >= 4 is 11.6 Å². The summed E-state index contributed by atoms with van der Waals surface area (Å²) in [5.74, 6) is 0.946. The summed E-state index contributed by atoms with van der Waals surface area (Å²) in [5.41, 5.74) is 0.692. The number of alkyl halides is 4. The van der Waals surface area contributed by atoms with Crippen LogP contribution in [0.3, 0.4) is 0 Å². The van der Waals surface area contributed by atoms with Gasteiger partial charge in [0.05, 0.1) is 5.56 Å². The molecule has 0 atom stereocenters. The molecule has 0 saturated carbocycles. The van der Waals surface area contributed by atoms with Crippen LogP contribution >= 0.6 is 11.6 Å². The molecule has 2 aromatic rings. The topological polar surface area (TPSA) is 9.23 Å². The smallest absolute Gasteiger partial charge is 0.416 e. The van der Waals surface area contributed by atoms with Gasteiger partial charge in [0, 0.05) is 5.88 Å². The molecule has 0 amide bonds. The minimum absolute atomic E-state index is 0.0790. The Balaban J connectivity index is 2.07. The molecule has 0 radical (unpaired) electrons. The van der Waals surface area contributed by atoms with Gasteiger partial charge in [-0.1, -0.05) is 24.3 Å². The molecule has 0 spiro atoms. The Morgan fingerprint density at radius 1 is 0.950 bits per heavy atom. The van der Waals surface area contributed by atoms with Crippen LogP contribution in [-0.4, -0.2) is 0 Å². The van der Waals surface area contributed by atoms with Crippen molar-refractivity contribution in [2.24, 2.45) is 0 Å². The highest BCUT2D eigenvalue weighted by atomic mass is 35.5. The van der Waals surface area contributed by atoms with Gasteiger partial charge in [0.2, 0.25) is 0 Å². The largest absolute Gasteiger partial charge is 0.489 e. The molecule has 0 aliphatic heterocycles. The number of benzene rings is 2. The third-order valence-corrected chi connectivity index (χ3v) is 3.02.